The highest BCUT2D eigenvalue weighted by molar-refractivity contribution is 7.90. The molecule has 0 fully saturated rings. The normalized spacial score (nSPS) is 13.5. The summed E-state index contributed by atoms with van der Waals surface area (Å²) in [6.07, 6.45) is 1.75. The molecule has 0 saturated heterocycles. The van der Waals surface area contributed by atoms with E-state index >= 15 is 0 Å². The molecule has 0 unspecified atom stereocenters. The lowest BCUT2D eigenvalue weighted by molar-refractivity contribution is 0.309. The molecule has 0 aliphatic carbocycles. The monoisotopic (exact) mass is 223 g/mol. The predicted octanol–water partition coefficient (Wildman–Crippen LogP) is -0.901. The molecule has 84 valence electrons. The van der Waals surface area contributed by atoms with Crippen LogP contribution in [0, 0.1) is 0 Å². The van der Waals surface area contributed by atoms with Crippen LogP contribution in [0.15, 0.2) is 5.16 Å². The Hall–Kier alpha value is -0.820. The second kappa shape index (κ2) is 5.82. The zero-order valence-electron chi connectivity index (χ0n) is 8.47. The SMILES string of the molecule is CN(CCCS(C)(=O)=O)CC(N)=NO. The lowest BCUT2D eigenvalue weighted by Crippen LogP contribution is -2.32. The van der Waals surface area contributed by atoms with Crippen LogP contribution in [-0.4, -0.2) is 56.5 Å². The summed E-state index contributed by atoms with van der Waals surface area (Å²) in [6.45, 7) is 0.934. The van der Waals surface area contributed by atoms with Gasteiger partial charge < -0.3 is 10.9 Å². The molecule has 0 rings (SSSR count). The van der Waals surface area contributed by atoms with Crippen molar-refractivity contribution in [1.82, 2.24) is 4.90 Å². The van der Waals surface area contributed by atoms with Gasteiger partial charge in [0, 0.05) is 6.26 Å². The summed E-state index contributed by atoms with van der Waals surface area (Å²) >= 11 is 0. The number of rotatable bonds is 6. The van der Waals surface area contributed by atoms with Crippen molar-refractivity contribution in [3.05, 3.63) is 0 Å². The molecule has 0 bridgehead atoms. The Morgan fingerprint density at radius 2 is 2.14 bits per heavy atom. The van der Waals surface area contributed by atoms with E-state index in [1.54, 1.807) is 11.9 Å². The third-order valence-corrected chi connectivity index (χ3v) is 2.65. The van der Waals surface area contributed by atoms with Gasteiger partial charge in [0.15, 0.2) is 5.84 Å². The fourth-order valence-corrected chi connectivity index (χ4v) is 1.64. The van der Waals surface area contributed by atoms with Gasteiger partial charge in [0.25, 0.3) is 0 Å². The maximum atomic E-state index is 10.8. The van der Waals surface area contributed by atoms with Crippen LogP contribution in [0.4, 0.5) is 0 Å². The van der Waals surface area contributed by atoms with Gasteiger partial charge in [0.05, 0.1) is 12.3 Å². The van der Waals surface area contributed by atoms with Crippen molar-refractivity contribution in [3.63, 3.8) is 0 Å². The highest BCUT2D eigenvalue weighted by Crippen LogP contribution is 1.92. The van der Waals surface area contributed by atoms with E-state index in [2.05, 4.69) is 5.16 Å². The van der Waals surface area contributed by atoms with E-state index in [9.17, 15) is 8.42 Å². The summed E-state index contributed by atoms with van der Waals surface area (Å²) in [7, 11) is -1.11. The van der Waals surface area contributed by atoms with Crippen LogP contribution < -0.4 is 5.73 Å². The van der Waals surface area contributed by atoms with Crippen molar-refractivity contribution in [2.24, 2.45) is 10.9 Å². The van der Waals surface area contributed by atoms with Crippen LogP contribution in [0.1, 0.15) is 6.42 Å². The summed E-state index contributed by atoms with van der Waals surface area (Å²) in [4.78, 5) is 1.79. The van der Waals surface area contributed by atoms with Crippen molar-refractivity contribution in [2.75, 3.05) is 32.1 Å². The van der Waals surface area contributed by atoms with Crippen LogP contribution >= 0.6 is 0 Å². The minimum absolute atomic E-state index is 0.117. The Bertz CT molecular complexity index is 287. The van der Waals surface area contributed by atoms with Gasteiger partial charge in [-0.05, 0) is 20.0 Å². The summed E-state index contributed by atoms with van der Waals surface area (Å²) in [5, 5.41) is 11.1. The van der Waals surface area contributed by atoms with Crippen LogP contribution in [0.5, 0.6) is 0 Å². The van der Waals surface area contributed by atoms with Crippen molar-refractivity contribution in [3.8, 4) is 0 Å². The summed E-state index contributed by atoms with van der Waals surface area (Å²) < 4.78 is 21.6. The molecule has 0 amide bonds. The van der Waals surface area contributed by atoms with E-state index in [0.29, 0.717) is 19.5 Å². The number of sulfone groups is 1. The molecular weight excluding hydrogens is 206 g/mol. The quantitative estimate of drug-likeness (QED) is 0.263. The second-order valence-electron chi connectivity index (χ2n) is 3.31. The Morgan fingerprint density at radius 3 is 2.57 bits per heavy atom. The first kappa shape index (κ1) is 13.2. The highest BCUT2D eigenvalue weighted by atomic mass is 32.2. The van der Waals surface area contributed by atoms with Gasteiger partial charge in [0.1, 0.15) is 9.84 Å². The lowest BCUT2D eigenvalue weighted by atomic mass is 10.4. The molecule has 0 aromatic carbocycles. The topological polar surface area (TPSA) is 96.0 Å². The first-order valence-corrected chi connectivity index (χ1v) is 6.24. The maximum Gasteiger partial charge on any atom is 0.153 e. The average molecular weight is 223 g/mol. The molecule has 0 aromatic heterocycles. The number of nitrogens with two attached hydrogens (primary N) is 1. The standard InChI is InChI=1S/C7H17N3O3S/c1-10(6-7(8)9-11)4-3-5-14(2,12)13/h11H,3-6H2,1-2H3,(H2,8,9). The molecule has 0 aromatic rings. The zero-order chi connectivity index (χ0) is 11.2. The minimum Gasteiger partial charge on any atom is -0.409 e. The number of likely N-dealkylation sites (N-methyl/N-ethyl adjacent to an activating group) is 1. The maximum absolute atomic E-state index is 10.8. The van der Waals surface area contributed by atoms with Gasteiger partial charge in [-0.2, -0.15) is 0 Å². The Morgan fingerprint density at radius 1 is 1.57 bits per heavy atom. The number of amidine groups is 1. The Kier molecular flexibility index (Phi) is 5.47. The first-order valence-electron chi connectivity index (χ1n) is 4.18. The molecule has 14 heavy (non-hydrogen) atoms. The van der Waals surface area contributed by atoms with Crippen molar-refractivity contribution in [1.29, 1.82) is 0 Å². The molecule has 0 heterocycles. The van der Waals surface area contributed by atoms with Crippen molar-refractivity contribution < 1.29 is 13.6 Å². The summed E-state index contributed by atoms with van der Waals surface area (Å²) in [6, 6.07) is 0. The van der Waals surface area contributed by atoms with Gasteiger partial charge in [-0.15, -0.1) is 0 Å². The fraction of sp³-hybridized carbons (Fsp3) is 0.857. The van der Waals surface area contributed by atoms with Crippen molar-refractivity contribution in [2.45, 2.75) is 6.42 Å². The van der Waals surface area contributed by atoms with E-state index in [4.69, 9.17) is 10.9 Å². The third kappa shape index (κ3) is 7.81. The molecule has 3 N–H and O–H groups in total. The lowest BCUT2D eigenvalue weighted by Gasteiger charge is -2.14. The zero-order valence-corrected chi connectivity index (χ0v) is 9.29. The number of nitrogens with zero attached hydrogens (tertiary/aromatic N) is 2. The van der Waals surface area contributed by atoms with Crippen LogP contribution in [-0.2, 0) is 9.84 Å². The number of hydrogen-bond donors (Lipinski definition) is 2. The second-order valence-corrected chi connectivity index (χ2v) is 5.57. The van der Waals surface area contributed by atoms with Gasteiger partial charge in [-0.1, -0.05) is 5.16 Å². The molecule has 0 atom stereocenters. The summed E-state index contributed by atoms with van der Waals surface area (Å²) in [5.74, 6) is 0.278. The molecule has 6 nitrogen and oxygen atoms in total. The minimum atomic E-state index is -2.89. The first-order chi connectivity index (χ1) is 6.35. The molecule has 0 radical (unpaired) electrons. The number of oxime groups is 1. The van der Waals surface area contributed by atoms with Crippen molar-refractivity contribution >= 4 is 15.7 Å². The van der Waals surface area contributed by atoms with E-state index in [0.717, 1.165) is 0 Å². The predicted molar refractivity (Wildman–Crippen MR) is 55.2 cm³/mol. The van der Waals surface area contributed by atoms with Crippen LogP contribution in [0.2, 0.25) is 0 Å². The molecule has 0 spiro atoms. The molecule has 7 heteroatoms. The Labute approximate surface area is 84.3 Å². The van der Waals surface area contributed by atoms with Gasteiger partial charge in [-0.3, -0.25) is 4.90 Å². The number of hydrogen-bond acceptors (Lipinski definition) is 5. The van der Waals surface area contributed by atoms with Crippen LogP contribution in [0.3, 0.4) is 0 Å². The summed E-state index contributed by atoms with van der Waals surface area (Å²) in [5.41, 5.74) is 5.27. The van der Waals surface area contributed by atoms with E-state index in [1.165, 1.54) is 6.26 Å². The van der Waals surface area contributed by atoms with E-state index < -0.39 is 9.84 Å². The van der Waals surface area contributed by atoms with Gasteiger partial charge in [-0.25, -0.2) is 8.42 Å². The highest BCUT2D eigenvalue weighted by Gasteiger charge is 2.05. The van der Waals surface area contributed by atoms with Gasteiger partial charge >= 0.3 is 0 Å². The van der Waals surface area contributed by atoms with Gasteiger partial charge in [0.2, 0.25) is 0 Å². The van der Waals surface area contributed by atoms with E-state index in [-0.39, 0.29) is 11.6 Å². The van der Waals surface area contributed by atoms with Crippen LogP contribution in [0.25, 0.3) is 0 Å². The molecular formula is C7H17N3O3S. The van der Waals surface area contributed by atoms with E-state index in [1.807, 2.05) is 0 Å². The third-order valence-electron chi connectivity index (χ3n) is 1.62. The fourth-order valence-electron chi connectivity index (χ4n) is 0.984. The molecule has 0 aliphatic rings. The molecule has 0 saturated carbocycles. The Balaban J connectivity index is 3.70. The average Bonchev–Trinajstić information content (AvgIpc) is 2.01. The largest absolute Gasteiger partial charge is 0.409 e. The smallest absolute Gasteiger partial charge is 0.153 e. The molecule has 0 aliphatic heterocycles.